The van der Waals surface area contributed by atoms with Gasteiger partial charge in [0, 0.05) is 43.9 Å². The Kier molecular flexibility index (Phi) is 7.29. The van der Waals surface area contributed by atoms with Gasteiger partial charge in [-0.2, -0.15) is 0 Å². The molecule has 1 fully saturated rings. The summed E-state index contributed by atoms with van der Waals surface area (Å²) in [4.78, 5) is 25.8. The Morgan fingerprint density at radius 2 is 1.60 bits per heavy atom. The number of rotatable bonds is 7. The largest absolute Gasteiger partial charge is 0.375 e. The van der Waals surface area contributed by atoms with Crippen LogP contribution < -0.4 is 15.5 Å². The van der Waals surface area contributed by atoms with Gasteiger partial charge in [0.1, 0.15) is 0 Å². The van der Waals surface area contributed by atoms with Crippen molar-refractivity contribution in [3.8, 4) is 0 Å². The predicted octanol–water partition coefficient (Wildman–Crippen LogP) is 3.10. The monoisotopic (exact) mass is 345 g/mol. The summed E-state index contributed by atoms with van der Waals surface area (Å²) in [5, 5.41) is 6.09. The first-order valence-corrected chi connectivity index (χ1v) is 9.38. The Labute approximate surface area is 151 Å². The second-order valence-electron chi connectivity index (χ2n) is 7.04. The normalized spacial score (nSPS) is 20.0. The summed E-state index contributed by atoms with van der Waals surface area (Å²) in [5.41, 5.74) is 1.84. The fourth-order valence-corrected chi connectivity index (χ4v) is 3.33. The number of unbranched alkanes of at least 4 members (excludes halogenated alkanes) is 1. The van der Waals surface area contributed by atoms with Crippen LogP contribution in [0.5, 0.6) is 0 Å². The first-order valence-electron chi connectivity index (χ1n) is 9.38. The van der Waals surface area contributed by atoms with Gasteiger partial charge < -0.3 is 15.5 Å². The van der Waals surface area contributed by atoms with Crippen molar-refractivity contribution in [2.45, 2.75) is 64.5 Å². The van der Waals surface area contributed by atoms with E-state index in [1.165, 1.54) is 12.8 Å². The molecule has 2 N–H and O–H groups in total. The molecule has 0 aliphatic heterocycles. The van der Waals surface area contributed by atoms with Crippen LogP contribution >= 0.6 is 0 Å². The van der Waals surface area contributed by atoms with Gasteiger partial charge in [-0.1, -0.05) is 13.3 Å². The maximum atomic E-state index is 12.4. The van der Waals surface area contributed by atoms with Gasteiger partial charge in [-0.05, 0) is 56.4 Å². The Morgan fingerprint density at radius 3 is 2.12 bits per heavy atom. The highest BCUT2D eigenvalue weighted by molar-refractivity contribution is 5.94. The molecule has 25 heavy (non-hydrogen) atoms. The summed E-state index contributed by atoms with van der Waals surface area (Å²) in [6.45, 7) is 4.77. The maximum Gasteiger partial charge on any atom is 0.251 e. The average molecular weight is 345 g/mol. The standard InChI is InChI=1S/C20H31N3O2/c1-4-5-14-23(3)19-12-6-16(7-13-19)20(25)22-18-10-8-17(9-11-18)21-15(2)24/h6-7,12-13,17-18H,4-5,8-11,14H2,1-3H3,(H,21,24)(H,22,25). The Balaban J connectivity index is 1.82. The summed E-state index contributed by atoms with van der Waals surface area (Å²) >= 11 is 0. The number of hydrogen-bond acceptors (Lipinski definition) is 3. The van der Waals surface area contributed by atoms with Gasteiger partial charge in [0.15, 0.2) is 0 Å². The quantitative estimate of drug-likeness (QED) is 0.798. The van der Waals surface area contributed by atoms with Gasteiger partial charge in [0.05, 0.1) is 0 Å². The minimum absolute atomic E-state index is 0.00858. The molecular weight excluding hydrogens is 314 g/mol. The third-order valence-corrected chi connectivity index (χ3v) is 4.89. The molecule has 0 atom stereocenters. The third kappa shape index (κ3) is 6.07. The van der Waals surface area contributed by atoms with Crippen molar-refractivity contribution >= 4 is 17.5 Å². The lowest BCUT2D eigenvalue weighted by Gasteiger charge is -2.29. The summed E-state index contributed by atoms with van der Waals surface area (Å²) in [6, 6.07) is 8.27. The number of benzene rings is 1. The molecule has 138 valence electrons. The van der Waals surface area contributed by atoms with Crippen LogP contribution in [0, 0.1) is 0 Å². The Hall–Kier alpha value is -2.04. The number of carbonyl (C=O) groups is 2. The van der Waals surface area contributed by atoms with Crippen LogP contribution in [-0.2, 0) is 4.79 Å². The second kappa shape index (κ2) is 9.44. The minimum atomic E-state index is -0.00858. The van der Waals surface area contributed by atoms with Gasteiger partial charge in [0.25, 0.3) is 5.91 Å². The average Bonchev–Trinajstić information content (AvgIpc) is 2.61. The van der Waals surface area contributed by atoms with Gasteiger partial charge in [0.2, 0.25) is 5.91 Å². The Morgan fingerprint density at radius 1 is 1.04 bits per heavy atom. The number of hydrogen-bond donors (Lipinski definition) is 2. The molecule has 0 radical (unpaired) electrons. The molecule has 0 bridgehead atoms. The number of nitrogens with zero attached hydrogens (tertiary/aromatic N) is 1. The molecule has 1 aromatic rings. The lowest BCUT2D eigenvalue weighted by atomic mass is 9.91. The van der Waals surface area contributed by atoms with Crippen molar-refractivity contribution in [2.75, 3.05) is 18.5 Å². The van der Waals surface area contributed by atoms with E-state index in [0.29, 0.717) is 5.56 Å². The number of carbonyl (C=O) groups excluding carboxylic acids is 2. The molecule has 0 unspecified atom stereocenters. The predicted molar refractivity (Wildman–Crippen MR) is 102 cm³/mol. The van der Waals surface area contributed by atoms with Crippen molar-refractivity contribution in [3.63, 3.8) is 0 Å². The zero-order chi connectivity index (χ0) is 18.2. The third-order valence-electron chi connectivity index (χ3n) is 4.89. The first-order chi connectivity index (χ1) is 12.0. The van der Waals surface area contributed by atoms with E-state index in [9.17, 15) is 9.59 Å². The van der Waals surface area contributed by atoms with E-state index in [1.807, 2.05) is 24.3 Å². The summed E-state index contributed by atoms with van der Waals surface area (Å²) in [7, 11) is 2.08. The molecule has 5 nitrogen and oxygen atoms in total. The van der Waals surface area contributed by atoms with Gasteiger partial charge >= 0.3 is 0 Å². The van der Waals surface area contributed by atoms with Gasteiger partial charge in [-0.3, -0.25) is 9.59 Å². The van der Waals surface area contributed by atoms with Crippen LogP contribution in [0.1, 0.15) is 62.7 Å². The molecule has 5 heteroatoms. The summed E-state index contributed by atoms with van der Waals surface area (Å²) in [6.07, 6.45) is 6.01. The lowest BCUT2D eigenvalue weighted by molar-refractivity contribution is -0.119. The van der Waals surface area contributed by atoms with E-state index >= 15 is 0 Å². The highest BCUT2D eigenvalue weighted by Crippen LogP contribution is 2.20. The summed E-state index contributed by atoms with van der Waals surface area (Å²) < 4.78 is 0. The molecule has 0 saturated heterocycles. The SMILES string of the molecule is CCCCN(C)c1ccc(C(=O)NC2CCC(NC(C)=O)CC2)cc1. The number of anilines is 1. The topological polar surface area (TPSA) is 61.4 Å². The molecule has 1 aliphatic rings. The van der Waals surface area contributed by atoms with Crippen molar-refractivity contribution in [1.82, 2.24) is 10.6 Å². The second-order valence-corrected chi connectivity index (χ2v) is 7.04. The van der Waals surface area contributed by atoms with E-state index in [-0.39, 0.29) is 23.9 Å². The van der Waals surface area contributed by atoms with Crippen molar-refractivity contribution in [1.29, 1.82) is 0 Å². The highest BCUT2D eigenvalue weighted by atomic mass is 16.2. The maximum absolute atomic E-state index is 12.4. The fraction of sp³-hybridized carbons (Fsp3) is 0.600. The molecule has 1 aromatic carbocycles. The summed E-state index contributed by atoms with van der Waals surface area (Å²) in [5.74, 6) is 0.0159. The highest BCUT2D eigenvalue weighted by Gasteiger charge is 2.23. The van der Waals surface area contributed by atoms with Crippen LogP contribution in [0.4, 0.5) is 5.69 Å². The van der Waals surface area contributed by atoms with E-state index in [2.05, 4.69) is 29.5 Å². The van der Waals surface area contributed by atoms with Crippen molar-refractivity contribution < 1.29 is 9.59 Å². The molecule has 2 amide bonds. The zero-order valence-electron chi connectivity index (χ0n) is 15.7. The number of amides is 2. The lowest BCUT2D eigenvalue weighted by Crippen LogP contribution is -2.43. The van der Waals surface area contributed by atoms with Crippen LogP contribution in [0.3, 0.4) is 0 Å². The molecule has 0 heterocycles. The fourth-order valence-electron chi connectivity index (χ4n) is 3.33. The smallest absolute Gasteiger partial charge is 0.251 e. The first kappa shape index (κ1) is 19.3. The van der Waals surface area contributed by atoms with Crippen LogP contribution in [0.2, 0.25) is 0 Å². The molecule has 2 rings (SSSR count). The molecule has 1 saturated carbocycles. The van der Waals surface area contributed by atoms with E-state index in [4.69, 9.17) is 0 Å². The zero-order valence-corrected chi connectivity index (χ0v) is 15.7. The molecular formula is C20H31N3O2. The van der Waals surface area contributed by atoms with E-state index in [0.717, 1.165) is 37.9 Å². The van der Waals surface area contributed by atoms with E-state index < -0.39 is 0 Å². The van der Waals surface area contributed by atoms with E-state index in [1.54, 1.807) is 6.92 Å². The van der Waals surface area contributed by atoms with Crippen LogP contribution in [-0.4, -0.2) is 37.5 Å². The minimum Gasteiger partial charge on any atom is -0.375 e. The van der Waals surface area contributed by atoms with Crippen molar-refractivity contribution in [3.05, 3.63) is 29.8 Å². The van der Waals surface area contributed by atoms with Crippen LogP contribution in [0.15, 0.2) is 24.3 Å². The van der Waals surface area contributed by atoms with Gasteiger partial charge in [-0.25, -0.2) is 0 Å². The molecule has 0 spiro atoms. The number of nitrogens with one attached hydrogen (secondary N) is 2. The molecule has 1 aliphatic carbocycles. The van der Waals surface area contributed by atoms with Crippen LogP contribution in [0.25, 0.3) is 0 Å². The van der Waals surface area contributed by atoms with Gasteiger partial charge in [-0.15, -0.1) is 0 Å². The molecule has 0 aromatic heterocycles. The Bertz CT molecular complexity index is 563. The van der Waals surface area contributed by atoms with Crippen molar-refractivity contribution in [2.24, 2.45) is 0 Å².